The fraction of sp³-hybridized carbons (Fsp3) is 0.316. The molecule has 0 bridgehead atoms. The molecule has 0 aliphatic carbocycles. The molecule has 0 unspecified atom stereocenters. The number of fused-ring (bicyclic) bond motifs is 2. The summed E-state index contributed by atoms with van der Waals surface area (Å²) in [5.74, 6) is 0.600. The summed E-state index contributed by atoms with van der Waals surface area (Å²) >= 11 is 1.24. The van der Waals surface area contributed by atoms with E-state index in [0.29, 0.717) is 27.1 Å². The van der Waals surface area contributed by atoms with Gasteiger partial charge in [0, 0.05) is 12.0 Å². The number of nitrogens with zero attached hydrogens (tertiary/aromatic N) is 1. The molecule has 0 spiro atoms. The molecule has 4 rings (SSSR count). The van der Waals surface area contributed by atoms with Gasteiger partial charge in [0.15, 0.2) is 0 Å². The van der Waals surface area contributed by atoms with Crippen molar-refractivity contribution < 1.29 is 9.53 Å². The summed E-state index contributed by atoms with van der Waals surface area (Å²) in [5, 5.41) is 3.60. The summed E-state index contributed by atoms with van der Waals surface area (Å²) in [6.07, 6.45) is 2.03. The molecule has 0 saturated heterocycles. The van der Waals surface area contributed by atoms with E-state index in [1.54, 1.807) is 6.92 Å². The van der Waals surface area contributed by atoms with E-state index in [2.05, 4.69) is 15.3 Å². The van der Waals surface area contributed by atoms with Gasteiger partial charge in [-0.15, -0.1) is 11.3 Å². The molecular weight excluding hydrogens is 350 g/mol. The average Bonchev–Trinajstić information content (AvgIpc) is 2.92. The van der Waals surface area contributed by atoms with Crippen LogP contribution in [0.25, 0.3) is 10.2 Å². The second kappa shape index (κ2) is 5.95. The first kappa shape index (κ1) is 16.8. The summed E-state index contributed by atoms with van der Waals surface area (Å²) in [4.78, 5) is 32.8. The molecule has 3 aromatic rings. The van der Waals surface area contributed by atoms with E-state index in [9.17, 15) is 9.59 Å². The number of H-pyrrole nitrogens is 1. The Labute approximate surface area is 154 Å². The van der Waals surface area contributed by atoms with Crippen molar-refractivity contribution >= 4 is 27.5 Å². The van der Waals surface area contributed by atoms with Gasteiger partial charge in [-0.25, -0.2) is 4.98 Å². The molecule has 2 N–H and O–H groups in total. The minimum atomic E-state index is -0.375. The molecule has 3 heterocycles. The number of hydrogen-bond acceptors (Lipinski definition) is 5. The van der Waals surface area contributed by atoms with Gasteiger partial charge in [-0.1, -0.05) is 18.2 Å². The van der Waals surface area contributed by atoms with Gasteiger partial charge in [0.1, 0.15) is 16.2 Å². The van der Waals surface area contributed by atoms with Crippen LogP contribution in [0.5, 0.6) is 5.75 Å². The Hall–Kier alpha value is -2.67. The number of ether oxygens (including phenoxy) is 1. The third-order valence-electron chi connectivity index (χ3n) is 4.62. The predicted molar refractivity (Wildman–Crippen MR) is 101 cm³/mol. The Morgan fingerprint density at radius 1 is 1.38 bits per heavy atom. The van der Waals surface area contributed by atoms with Crippen molar-refractivity contribution in [3.8, 4) is 5.75 Å². The van der Waals surface area contributed by atoms with E-state index >= 15 is 0 Å². The fourth-order valence-corrected chi connectivity index (χ4v) is 4.50. The highest BCUT2D eigenvalue weighted by atomic mass is 32.1. The van der Waals surface area contributed by atoms with Crippen molar-refractivity contribution in [2.24, 2.45) is 0 Å². The van der Waals surface area contributed by atoms with Gasteiger partial charge in [-0.05, 0) is 32.4 Å². The molecule has 1 aliphatic rings. The van der Waals surface area contributed by atoms with E-state index in [0.717, 1.165) is 11.3 Å². The van der Waals surface area contributed by atoms with Crippen molar-refractivity contribution in [2.75, 3.05) is 0 Å². The quantitative estimate of drug-likeness (QED) is 0.726. The number of amides is 1. The number of rotatable bonds is 2. The van der Waals surface area contributed by atoms with Crippen molar-refractivity contribution in [3.05, 3.63) is 57.0 Å². The lowest BCUT2D eigenvalue weighted by atomic mass is 9.89. The molecule has 1 amide bonds. The molecule has 0 saturated carbocycles. The molecule has 0 radical (unpaired) electrons. The number of aromatic nitrogens is 2. The zero-order valence-electron chi connectivity index (χ0n) is 14.8. The number of carbonyl (C=O) groups excluding carboxylic acids is 1. The lowest BCUT2D eigenvalue weighted by Gasteiger charge is -2.37. The summed E-state index contributed by atoms with van der Waals surface area (Å²) in [6.45, 7) is 5.80. The van der Waals surface area contributed by atoms with Crippen LogP contribution in [0.4, 0.5) is 0 Å². The Morgan fingerprint density at radius 3 is 2.92 bits per heavy atom. The molecule has 134 valence electrons. The maximum absolute atomic E-state index is 13.0. The molecule has 1 aliphatic heterocycles. The largest absolute Gasteiger partial charge is 0.487 e. The Kier molecular flexibility index (Phi) is 3.84. The lowest BCUT2D eigenvalue weighted by molar-refractivity contribution is 0.0621. The minimum Gasteiger partial charge on any atom is -0.487 e. The molecule has 2 aromatic heterocycles. The second-order valence-electron chi connectivity index (χ2n) is 7.10. The van der Waals surface area contributed by atoms with E-state index in [-0.39, 0.29) is 23.1 Å². The zero-order chi connectivity index (χ0) is 18.5. The average molecular weight is 369 g/mol. The van der Waals surface area contributed by atoms with Gasteiger partial charge in [-0.3, -0.25) is 9.59 Å². The summed E-state index contributed by atoms with van der Waals surface area (Å²) in [6, 6.07) is 7.60. The second-order valence-corrected chi connectivity index (χ2v) is 8.10. The first-order chi connectivity index (χ1) is 12.4. The van der Waals surface area contributed by atoms with Crippen molar-refractivity contribution in [1.29, 1.82) is 0 Å². The molecule has 0 fully saturated rings. The van der Waals surface area contributed by atoms with Crippen LogP contribution < -0.4 is 15.6 Å². The third-order valence-corrected chi connectivity index (χ3v) is 5.82. The normalized spacial score (nSPS) is 18.2. The zero-order valence-corrected chi connectivity index (χ0v) is 15.6. The third kappa shape index (κ3) is 2.78. The number of benzene rings is 1. The van der Waals surface area contributed by atoms with Gasteiger partial charge >= 0.3 is 0 Å². The van der Waals surface area contributed by atoms with Crippen LogP contribution in [-0.4, -0.2) is 21.5 Å². The Morgan fingerprint density at radius 2 is 2.15 bits per heavy atom. The van der Waals surface area contributed by atoms with Crippen LogP contribution in [-0.2, 0) is 0 Å². The highest BCUT2D eigenvalue weighted by molar-refractivity contribution is 7.20. The maximum Gasteiger partial charge on any atom is 0.262 e. The number of hydrogen-bond donors (Lipinski definition) is 2. The van der Waals surface area contributed by atoms with Crippen LogP contribution >= 0.6 is 11.3 Å². The van der Waals surface area contributed by atoms with Crippen LogP contribution in [0.1, 0.15) is 47.1 Å². The number of thiophene rings is 1. The smallest absolute Gasteiger partial charge is 0.262 e. The van der Waals surface area contributed by atoms with E-state index in [1.807, 2.05) is 38.1 Å². The Balaban J connectivity index is 1.70. The van der Waals surface area contributed by atoms with Crippen LogP contribution in [0, 0.1) is 6.92 Å². The fourth-order valence-electron chi connectivity index (χ4n) is 3.45. The number of nitrogens with one attached hydrogen (secondary N) is 2. The molecule has 6 nitrogen and oxygen atoms in total. The van der Waals surface area contributed by atoms with E-state index in [4.69, 9.17) is 4.74 Å². The van der Waals surface area contributed by atoms with Crippen LogP contribution in [0.2, 0.25) is 0 Å². The van der Waals surface area contributed by atoms with Gasteiger partial charge < -0.3 is 15.0 Å². The minimum absolute atomic E-state index is 0.154. The van der Waals surface area contributed by atoms with Crippen LogP contribution in [0.15, 0.2) is 35.4 Å². The van der Waals surface area contributed by atoms with Crippen molar-refractivity contribution in [2.45, 2.75) is 38.8 Å². The molecule has 1 aromatic carbocycles. The van der Waals surface area contributed by atoms with Crippen LogP contribution in [0.3, 0.4) is 0 Å². The van der Waals surface area contributed by atoms with Gasteiger partial charge in [0.2, 0.25) is 0 Å². The highest BCUT2D eigenvalue weighted by Crippen LogP contribution is 2.39. The topological polar surface area (TPSA) is 84.1 Å². The number of carbonyl (C=O) groups is 1. The van der Waals surface area contributed by atoms with Crippen molar-refractivity contribution in [1.82, 2.24) is 15.3 Å². The SMILES string of the molecule is Cc1c(C(=O)N[C@@H]2CC(C)(C)Oc3ccccc32)sc2nc[nH]c(=O)c12. The maximum atomic E-state index is 13.0. The monoisotopic (exact) mass is 369 g/mol. The standard InChI is InChI=1S/C19H19N3O3S/c1-10-14-16(23)20-9-21-18(14)26-15(10)17(24)22-12-8-19(2,3)25-13-7-5-4-6-11(12)13/h4-7,9,12H,8H2,1-3H3,(H,22,24)(H,20,21,23)/t12-/m1/s1. The molecule has 26 heavy (non-hydrogen) atoms. The number of para-hydroxylation sites is 1. The Bertz CT molecular complexity index is 1070. The predicted octanol–water partition coefficient (Wildman–Crippen LogP) is 3.33. The summed E-state index contributed by atoms with van der Waals surface area (Å²) in [7, 11) is 0. The first-order valence-corrected chi connectivity index (χ1v) is 9.23. The molecule has 7 heteroatoms. The highest BCUT2D eigenvalue weighted by Gasteiger charge is 2.35. The summed E-state index contributed by atoms with van der Waals surface area (Å²) < 4.78 is 6.02. The summed E-state index contributed by atoms with van der Waals surface area (Å²) in [5.41, 5.74) is 1.03. The van der Waals surface area contributed by atoms with E-state index in [1.165, 1.54) is 17.7 Å². The van der Waals surface area contributed by atoms with Gasteiger partial charge in [0.05, 0.1) is 22.6 Å². The van der Waals surface area contributed by atoms with E-state index < -0.39 is 0 Å². The molecule has 1 atom stereocenters. The lowest BCUT2D eigenvalue weighted by Crippen LogP contribution is -2.41. The van der Waals surface area contributed by atoms with Gasteiger partial charge in [0.25, 0.3) is 11.5 Å². The number of aromatic amines is 1. The van der Waals surface area contributed by atoms with Crippen molar-refractivity contribution in [3.63, 3.8) is 0 Å². The first-order valence-electron chi connectivity index (χ1n) is 8.41. The molecular formula is C19H19N3O3S. The van der Waals surface area contributed by atoms with Gasteiger partial charge in [-0.2, -0.15) is 0 Å². The number of aryl methyl sites for hydroxylation is 1.